The van der Waals surface area contributed by atoms with Crippen LogP contribution in [0, 0.1) is 0 Å². The van der Waals surface area contributed by atoms with Crippen LogP contribution in [-0.4, -0.2) is 31.8 Å². The molecule has 0 bridgehead atoms. The number of methoxy groups -OCH3 is 1. The Kier molecular flexibility index (Phi) is 8.96. The van der Waals surface area contributed by atoms with Crippen LogP contribution in [0.1, 0.15) is 81.4 Å². The van der Waals surface area contributed by atoms with Crippen LogP contribution < -0.4 is 15.5 Å². The van der Waals surface area contributed by atoms with Gasteiger partial charge in [0.1, 0.15) is 5.75 Å². The van der Waals surface area contributed by atoms with Gasteiger partial charge in [0.2, 0.25) is 11.8 Å². The van der Waals surface area contributed by atoms with E-state index in [4.69, 9.17) is 14.3 Å². The Bertz CT molecular complexity index is 703. The molecule has 1 fully saturated rings. The van der Waals surface area contributed by atoms with Crippen molar-refractivity contribution in [2.75, 3.05) is 13.7 Å². The fraction of sp³-hybridized carbons (Fsp3) is 0.652. The number of fused-ring (bicyclic) bond motifs is 1. The highest BCUT2D eigenvalue weighted by Crippen LogP contribution is 2.33. The molecule has 3 rings (SSSR count). The van der Waals surface area contributed by atoms with Gasteiger partial charge in [-0.05, 0) is 61.8 Å². The molecule has 2 amide bonds. The van der Waals surface area contributed by atoms with E-state index in [1.54, 1.807) is 7.11 Å². The number of amides is 2. The Balaban J connectivity index is 1.22. The summed E-state index contributed by atoms with van der Waals surface area (Å²) in [5.41, 5.74) is 4.95. The molecule has 2 unspecified atom stereocenters. The van der Waals surface area contributed by atoms with Crippen LogP contribution in [0.25, 0.3) is 0 Å². The Morgan fingerprint density at radius 2 is 1.87 bits per heavy atom. The van der Waals surface area contributed by atoms with Crippen molar-refractivity contribution >= 4 is 11.8 Å². The topological polar surface area (TPSA) is 85.9 Å². The summed E-state index contributed by atoms with van der Waals surface area (Å²) in [6.45, 7) is 0.691. The zero-order valence-electron chi connectivity index (χ0n) is 17.9. The molecule has 2 aliphatic rings. The van der Waals surface area contributed by atoms with Crippen molar-refractivity contribution in [1.82, 2.24) is 10.8 Å². The number of rotatable bonds is 11. The number of carbonyl (C=O) groups excluding carboxylic acids is 2. The second-order valence-electron chi connectivity index (χ2n) is 8.08. The minimum absolute atomic E-state index is 0.0993. The highest BCUT2D eigenvalue weighted by Gasteiger charge is 2.24. The van der Waals surface area contributed by atoms with Gasteiger partial charge in [0.05, 0.1) is 13.2 Å². The number of hydrogen-bond acceptors (Lipinski definition) is 5. The fourth-order valence-electron chi connectivity index (χ4n) is 4.05. The summed E-state index contributed by atoms with van der Waals surface area (Å²) in [6.07, 6.45) is 8.98. The van der Waals surface area contributed by atoms with Crippen LogP contribution >= 0.6 is 0 Å². The van der Waals surface area contributed by atoms with E-state index in [1.165, 1.54) is 11.1 Å². The predicted octanol–water partition coefficient (Wildman–Crippen LogP) is 3.71. The SMILES string of the molecule is COc1ccc2c(c1)CCC2NC(=O)CCCCCCC(=O)NOC1CCCCO1. The molecule has 166 valence electrons. The summed E-state index contributed by atoms with van der Waals surface area (Å²) >= 11 is 0. The van der Waals surface area contributed by atoms with E-state index in [2.05, 4.69) is 22.9 Å². The summed E-state index contributed by atoms with van der Waals surface area (Å²) < 4.78 is 10.7. The predicted molar refractivity (Wildman–Crippen MR) is 113 cm³/mol. The highest BCUT2D eigenvalue weighted by atomic mass is 16.8. The van der Waals surface area contributed by atoms with Crippen molar-refractivity contribution in [2.45, 2.75) is 83.0 Å². The quantitative estimate of drug-likeness (QED) is 0.423. The monoisotopic (exact) mass is 418 g/mol. The lowest BCUT2D eigenvalue weighted by Crippen LogP contribution is -2.32. The maximum atomic E-state index is 12.3. The van der Waals surface area contributed by atoms with Crippen LogP contribution in [0.4, 0.5) is 0 Å². The van der Waals surface area contributed by atoms with Crippen molar-refractivity contribution in [2.24, 2.45) is 0 Å². The molecule has 1 aromatic carbocycles. The van der Waals surface area contributed by atoms with E-state index >= 15 is 0 Å². The number of aryl methyl sites for hydroxylation is 1. The molecule has 1 saturated heterocycles. The lowest BCUT2D eigenvalue weighted by atomic mass is 10.1. The standard InChI is InChI=1S/C23H34N2O5/c1-28-18-12-13-19-17(16-18)11-14-20(19)24-21(26)8-4-2-3-5-9-22(27)25-30-23-10-6-7-15-29-23/h12-13,16,20,23H,2-11,14-15H2,1H3,(H,24,26)(H,25,27). The molecular formula is C23H34N2O5. The lowest BCUT2D eigenvalue weighted by molar-refractivity contribution is -0.200. The number of ether oxygens (including phenoxy) is 2. The van der Waals surface area contributed by atoms with E-state index in [1.807, 2.05) is 6.07 Å². The van der Waals surface area contributed by atoms with Crippen molar-refractivity contribution in [3.8, 4) is 5.75 Å². The zero-order valence-corrected chi connectivity index (χ0v) is 17.9. The van der Waals surface area contributed by atoms with Gasteiger partial charge in [-0.1, -0.05) is 18.9 Å². The third-order valence-corrected chi connectivity index (χ3v) is 5.76. The van der Waals surface area contributed by atoms with Gasteiger partial charge in [-0.3, -0.25) is 9.59 Å². The Morgan fingerprint density at radius 3 is 2.60 bits per heavy atom. The molecule has 0 aromatic heterocycles. The third kappa shape index (κ3) is 6.99. The van der Waals surface area contributed by atoms with Crippen LogP contribution in [-0.2, 0) is 25.6 Å². The van der Waals surface area contributed by atoms with E-state index in [-0.39, 0.29) is 24.1 Å². The molecule has 2 atom stereocenters. The summed E-state index contributed by atoms with van der Waals surface area (Å²) in [5, 5.41) is 3.16. The summed E-state index contributed by atoms with van der Waals surface area (Å²) in [7, 11) is 1.67. The maximum Gasteiger partial charge on any atom is 0.243 e. The smallest absolute Gasteiger partial charge is 0.243 e. The van der Waals surface area contributed by atoms with Crippen LogP contribution in [0.15, 0.2) is 18.2 Å². The molecular weight excluding hydrogens is 384 g/mol. The van der Waals surface area contributed by atoms with E-state index in [9.17, 15) is 9.59 Å². The Hall–Kier alpha value is -2.12. The Labute approximate surface area is 178 Å². The van der Waals surface area contributed by atoms with Crippen LogP contribution in [0.5, 0.6) is 5.75 Å². The first-order valence-corrected chi connectivity index (χ1v) is 11.2. The molecule has 0 saturated carbocycles. The average Bonchev–Trinajstić information content (AvgIpc) is 3.17. The molecule has 1 heterocycles. The van der Waals surface area contributed by atoms with E-state index < -0.39 is 0 Å². The summed E-state index contributed by atoms with van der Waals surface area (Å²) in [6, 6.07) is 6.17. The second-order valence-corrected chi connectivity index (χ2v) is 8.08. The highest BCUT2D eigenvalue weighted by molar-refractivity contribution is 5.76. The van der Waals surface area contributed by atoms with Crippen molar-refractivity contribution in [1.29, 1.82) is 0 Å². The van der Waals surface area contributed by atoms with Gasteiger partial charge in [-0.2, -0.15) is 0 Å². The summed E-state index contributed by atoms with van der Waals surface area (Å²) in [4.78, 5) is 29.4. The van der Waals surface area contributed by atoms with Crippen LogP contribution in [0.2, 0.25) is 0 Å². The normalized spacial score (nSPS) is 20.4. The van der Waals surface area contributed by atoms with Crippen molar-refractivity contribution < 1.29 is 23.9 Å². The molecule has 0 radical (unpaired) electrons. The molecule has 7 heteroatoms. The molecule has 2 N–H and O–H groups in total. The molecule has 30 heavy (non-hydrogen) atoms. The third-order valence-electron chi connectivity index (χ3n) is 5.76. The number of carbonyl (C=O) groups is 2. The molecule has 1 aromatic rings. The fourth-order valence-corrected chi connectivity index (χ4v) is 4.05. The first-order valence-electron chi connectivity index (χ1n) is 11.2. The molecule has 1 aliphatic carbocycles. The van der Waals surface area contributed by atoms with Crippen molar-refractivity contribution in [3.63, 3.8) is 0 Å². The van der Waals surface area contributed by atoms with Crippen LogP contribution in [0.3, 0.4) is 0 Å². The molecule has 7 nitrogen and oxygen atoms in total. The zero-order chi connectivity index (χ0) is 21.2. The minimum atomic E-state index is -0.310. The Morgan fingerprint density at radius 1 is 1.07 bits per heavy atom. The maximum absolute atomic E-state index is 12.3. The van der Waals surface area contributed by atoms with Gasteiger partial charge in [0, 0.05) is 25.9 Å². The number of benzene rings is 1. The van der Waals surface area contributed by atoms with Gasteiger partial charge < -0.3 is 14.8 Å². The first-order chi connectivity index (χ1) is 14.7. The van der Waals surface area contributed by atoms with Crippen molar-refractivity contribution in [3.05, 3.63) is 29.3 Å². The largest absolute Gasteiger partial charge is 0.497 e. The number of nitrogens with one attached hydrogen (secondary N) is 2. The van der Waals surface area contributed by atoms with Gasteiger partial charge in [0.25, 0.3) is 0 Å². The molecule has 0 spiro atoms. The lowest BCUT2D eigenvalue weighted by Gasteiger charge is -2.22. The van der Waals surface area contributed by atoms with Gasteiger partial charge in [-0.15, -0.1) is 0 Å². The van der Waals surface area contributed by atoms with Gasteiger partial charge in [-0.25, -0.2) is 10.3 Å². The van der Waals surface area contributed by atoms with Gasteiger partial charge in [0.15, 0.2) is 6.29 Å². The molecule has 1 aliphatic heterocycles. The summed E-state index contributed by atoms with van der Waals surface area (Å²) in [5.74, 6) is 0.851. The van der Waals surface area contributed by atoms with E-state index in [0.29, 0.717) is 19.4 Å². The average molecular weight is 419 g/mol. The second kappa shape index (κ2) is 11.9. The minimum Gasteiger partial charge on any atom is -0.497 e. The van der Waals surface area contributed by atoms with Gasteiger partial charge >= 0.3 is 0 Å². The number of hydroxylamine groups is 1. The number of hydrogen-bond donors (Lipinski definition) is 2. The van der Waals surface area contributed by atoms with E-state index in [0.717, 1.165) is 63.5 Å². The first kappa shape index (κ1) is 22.6. The number of unbranched alkanes of at least 4 members (excludes halogenated alkanes) is 3.